The maximum Gasteiger partial charge on any atom is 0.357 e. The summed E-state index contributed by atoms with van der Waals surface area (Å²) >= 11 is 3.18. The van der Waals surface area contributed by atoms with Crippen LogP contribution < -0.4 is 25.4 Å². The van der Waals surface area contributed by atoms with Crippen LogP contribution in [0, 0.1) is 0 Å². The number of hydrogen-bond donors (Lipinski definition) is 3. The van der Waals surface area contributed by atoms with Gasteiger partial charge in [-0.3, -0.25) is 34.8 Å². The summed E-state index contributed by atoms with van der Waals surface area (Å²) in [6.45, 7) is 2.78. The molecule has 0 spiro atoms. The van der Waals surface area contributed by atoms with Crippen molar-refractivity contribution < 1.29 is 38.2 Å². The molecule has 2 aliphatic rings. The van der Waals surface area contributed by atoms with Crippen LogP contribution in [-0.2, 0) is 9.53 Å². The van der Waals surface area contributed by atoms with E-state index >= 15 is 0 Å². The summed E-state index contributed by atoms with van der Waals surface area (Å²) in [7, 11) is 1.50. The number of rotatable bonds is 13. The Morgan fingerprint density at radius 2 is 1.54 bits per heavy atom. The van der Waals surface area contributed by atoms with Gasteiger partial charge in [0.05, 0.1) is 37.6 Å². The van der Waals surface area contributed by atoms with Crippen molar-refractivity contribution in [3.8, 4) is 11.5 Å². The number of ether oxygens (including phenoxy) is 3. The first kappa shape index (κ1) is 34.6. The number of fused-ring (bicyclic) bond motifs is 2. The van der Waals surface area contributed by atoms with Gasteiger partial charge in [-0.2, -0.15) is 0 Å². The number of aliphatic imine (C=N–C) groups is 1. The number of methoxy groups -OCH3 is 1. The van der Waals surface area contributed by atoms with Gasteiger partial charge in [-0.05, 0) is 32.3 Å². The largest absolute Gasteiger partial charge is 0.493 e. The summed E-state index contributed by atoms with van der Waals surface area (Å²) in [5, 5.41) is 12.8. The van der Waals surface area contributed by atoms with E-state index in [-0.39, 0.29) is 70.0 Å². The van der Waals surface area contributed by atoms with Crippen LogP contribution in [0.2, 0.25) is 0 Å². The first-order valence-corrected chi connectivity index (χ1v) is 18.0. The molecule has 19 heteroatoms. The normalized spacial score (nSPS) is 14.7. The van der Waals surface area contributed by atoms with Crippen LogP contribution in [-0.4, -0.2) is 88.6 Å². The minimum atomic E-state index is -0.590. The van der Waals surface area contributed by atoms with Crippen LogP contribution in [0.1, 0.15) is 74.4 Å². The molecule has 6 rings (SSSR count). The number of carbonyl (C=O) groups excluding carboxylic acids is 5. The summed E-state index contributed by atoms with van der Waals surface area (Å²) < 4.78 is 16.3. The van der Waals surface area contributed by atoms with E-state index in [2.05, 4.69) is 35.9 Å². The Hall–Kier alpha value is -5.27. The second kappa shape index (κ2) is 15.5. The fourth-order valence-corrected chi connectivity index (χ4v) is 7.11. The highest BCUT2D eigenvalue weighted by Crippen LogP contribution is 2.38. The highest BCUT2D eigenvalue weighted by molar-refractivity contribution is 7.15. The molecule has 3 aromatic heterocycles. The standard InChI is InChI=1S/C31H30N8O8S3/c1-3-46-28(44)21-15-50-31(35-21)38-26(42)20-14-49-30(34-20)37-25(41)19-13-48-29(33-19)36-24(40)7-5-9-47-23-11-18-17(10-22(23)45-2)27(43)39-8-4-6-16(39)12-32-18/h10-16H,3-9H2,1-2H3,(H,33,36,40)(H,34,37,41)(H,35,38,42)/t16-/m0/s1. The molecule has 0 saturated carbocycles. The molecule has 2 aliphatic heterocycles. The molecule has 0 radical (unpaired) electrons. The number of carbonyl (C=O) groups is 5. The summed E-state index contributed by atoms with van der Waals surface area (Å²) in [5.41, 5.74) is 1.16. The lowest BCUT2D eigenvalue weighted by atomic mass is 10.1. The Morgan fingerprint density at radius 1 is 0.900 bits per heavy atom. The van der Waals surface area contributed by atoms with Gasteiger partial charge >= 0.3 is 5.97 Å². The maximum absolute atomic E-state index is 13.1. The molecule has 50 heavy (non-hydrogen) atoms. The van der Waals surface area contributed by atoms with Crippen molar-refractivity contribution in [1.29, 1.82) is 0 Å². The Bertz CT molecular complexity index is 1970. The quantitative estimate of drug-likeness (QED) is 0.125. The van der Waals surface area contributed by atoms with Gasteiger partial charge in [-0.25, -0.2) is 19.7 Å². The van der Waals surface area contributed by atoms with Crippen LogP contribution in [0.15, 0.2) is 33.3 Å². The van der Waals surface area contributed by atoms with E-state index in [0.29, 0.717) is 35.7 Å². The highest BCUT2D eigenvalue weighted by atomic mass is 32.1. The van der Waals surface area contributed by atoms with E-state index in [4.69, 9.17) is 14.2 Å². The van der Waals surface area contributed by atoms with Crippen molar-refractivity contribution in [2.75, 3.05) is 42.8 Å². The highest BCUT2D eigenvalue weighted by Gasteiger charge is 2.32. The zero-order chi connectivity index (χ0) is 35.2. The van der Waals surface area contributed by atoms with E-state index in [9.17, 15) is 24.0 Å². The number of hydrogen-bond acceptors (Lipinski definition) is 15. The monoisotopic (exact) mass is 738 g/mol. The average Bonchev–Trinajstić information content (AvgIpc) is 3.93. The van der Waals surface area contributed by atoms with Crippen molar-refractivity contribution in [1.82, 2.24) is 19.9 Å². The molecule has 0 aliphatic carbocycles. The van der Waals surface area contributed by atoms with Gasteiger partial charge in [0, 0.05) is 41.4 Å². The number of thiazole rings is 3. The second-order valence-electron chi connectivity index (χ2n) is 10.7. The first-order chi connectivity index (χ1) is 24.2. The van der Waals surface area contributed by atoms with Crippen LogP contribution >= 0.6 is 34.0 Å². The van der Waals surface area contributed by atoms with E-state index in [1.807, 2.05) is 4.90 Å². The smallest absolute Gasteiger partial charge is 0.357 e. The van der Waals surface area contributed by atoms with Crippen LogP contribution in [0.4, 0.5) is 21.1 Å². The minimum Gasteiger partial charge on any atom is -0.493 e. The van der Waals surface area contributed by atoms with Gasteiger partial charge in [0.25, 0.3) is 17.7 Å². The molecule has 1 saturated heterocycles. The van der Waals surface area contributed by atoms with Crippen LogP contribution in [0.25, 0.3) is 0 Å². The van der Waals surface area contributed by atoms with E-state index in [0.717, 1.165) is 46.9 Å². The van der Waals surface area contributed by atoms with Gasteiger partial charge in [-0.15, -0.1) is 34.0 Å². The third kappa shape index (κ3) is 7.95. The van der Waals surface area contributed by atoms with Crippen molar-refractivity contribution in [2.45, 2.75) is 38.6 Å². The number of nitrogens with zero attached hydrogens (tertiary/aromatic N) is 5. The number of amides is 4. The molecule has 4 aromatic rings. The van der Waals surface area contributed by atoms with Crippen LogP contribution in [0.5, 0.6) is 11.5 Å². The van der Waals surface area contributed by atoms with Gasteiger partial charge in [0.15, 0.2) is 32.6 Å². The average molecular weight is 739 g/mol. The zero-order valence-electron chi connectivity index (χ0n) is 26.7. The third-order valence-electron chi connectivity index (χ3n) is 7.41. The fourth-order valence-electron chi connectivity index (χ4n) is 5.04. The van der Waals surface area contributed by atoms with Crippen molar-refractivity contribution >= 4 is 90.9 Å². The summed E-state index contributed by atoms with van der Waals surface area (Å²) in [5.74, 6) is -1.30. The lowest BCUT2D eigenvalue weighted by Crippen LogP contribution is -2.35. The first-order valence-electron chi connectivity index (χ1n) is 15.4. The predicted octanol–water partition coefficient (Wildman–Crippen LogP) is 4.86. The Balaban J connectivity index is 0.956. The van der Waals surface area contributed by atoms with Gasteiger partial charge in [-0.1, -0.05) is 0 Å². The lowest BCUT2D eigenvalue weighted by Gasteiger charge is -2.20. The topological polar surface area (TPSA) is 203 Å². The van der Waals surface area contributed by atoms with Gasteiger partial charge in [0.1, 0.15) is 11.4 Å². The Morgan fingerprint density at radius 3 is 2.20 bits per heavy atom. The molecule has 1 aromatic carbocycles. The lowest BCUT2D eigenvalue weighted by molar-refractivity contribution is -0.116. The molecule has 1 atom stereocenters. The molecule has 1 fully saturated rings. The number of anilines is 3. The summed E-state index contributed by atoms with van der Waals surface area (Å²) in [6, 6.07) is 3.32. The molecule has 260 valence electrons. The van der Waals surface area contributed by atoms with Crippen molar-refractivity contribution in [3.05, 3.63) is 50.9 Å². The Labute approximate surface area is 296 Å². The van der Waals surface area contributed by atoms with Crippen molar-refractivity contribution in [2.24, 2.45) is 4.99 Å². The molecule has 0 bridgehead atoms. The van der Waals surface area contributed by atoms with Gasteiger partial charge in [0.2, 0.25) is 5.91 Å². The second-order valence-corrected chi connectivity index (χ2v) is 13.3. The molecule has 0 unspecified atom stereocenters. The predicted molar refractivity (Wildman–Crippen MR) is 187 cm³/mol. The molecule has 16 nitrogen and oxygen atoms in total. The fraction of sp³-hybridized carbons (Fsp3) is 0.323. The number of benzene rings is 1. The maximum atomic E-state index is 13.1. The minimum absolute atomic E-state index is 0.00906. The van der Waals surface area contributed by atoms with Crippen molar-refractivity contribution in [3.63, 3.8) is 0 Å². The summed E-state index contributed by atoms with van der Waals surface area (Å²) in [4.78, 5) is 81.5. The number of nitrogens with one attached hydrogen (secondary N) is 3. The van der Waals surface area contributed by atoms with Crippen LogP contribution in [0.3, 0.4) is 0 Å². The molecular formula is C31H30N8O8S3. The molecule has 3 N–H and O–H groups in total. The molecule has 4 amide bonds. The van der Waals surface area contributed by atoms with Gasteiger partial charge < -0.3 is 24.4 Å². The summed E-state index contributed by atoms with van der Waals surface area (Å²) in [6.07, 6.45) is 4.13. The molecule has 5 heterocycles. The number of esters is 1. The SMILES string of the molecule is CCOC(=O)c1csc(NC(=O)c2csc(NC(=O)c3csc(NC(=O)CCCOc4cc5c(cc4OC)C(=O)N4CCC[C@H]4C=N5)n3)n2)n1. The van der Waals surface area contributed by atoms with E-state index in [1.54, 1.807) is 25.3 Å². The Kier molecular flexibility index (Phi) is 10.7. The third-order valence-corrected chi connectivity index (χ3v) is 9.69. The van der Waals surface area contributed by atoms with E-state index in [1.165, 1.54) is 23.2 Å². The number of aromatic nitrogens is 3. The zero-order valence-corrected chi connectivity index (χ0v) is 29.2. The molecular weight excluding hydrogens is 709 g/mol. The van der Waals surface area contributed by atoms with E-state index < -0.39 is 17.8 Å².